The summed E-state index contributed by atoms with van der Waals surface area (Å²) in [5, 5.41) is 6.04. The monoisotopic (exact) mass is 736 g/mol. The number of nitrogens with zero attached hydrogens (tertiary/aromatic N) is 8. The summed E-state index contributed by atoms with van der Waals surface area (Å²) in [6.07, 6.45) is 5.34. The van der Waals surface area contributed by atoms with E-state index in [0.29, 0.717) is 64.0 Å². The zero-order chi connectivity index (χ0) is 36.2. The summed E-state index contributed by atoms with van der Waals surface area (Å²) < 4.78 is 52.9. The summed E-state index contributed by atoms with van der Waals surface area (Å²) in [5.41, 5.74) is 2.55. The van der Waals surface area contributed by atoms with Crippen LogP contribution in [0, 0.1) is 0 Å². The Bertz CT molecular complexity index is 2020. The molecule has 52 heavy (non-hydrogen) atoms. The van der Waals surface area contributed by atoms with Gasteiger partial charge in [-0.1, -0.05) is 41.0 Å². The van der Waals surface area contributed by atoms with Crippen LogP contribution in [-0.2, 0) is 23.7 Å². The second kappa shape index (κ2) is 13.5. The molecule has 0 N–H and O–H groups in total. The molecule has 274 valence electrons. The minimum absolute atomic E-state index is 0.0565. The molecule has 0 saturated carbocycles. The summed E-state index contributed by atoms with van der Waals surface area (Å²) in [7, 11) is 1.98. The van der Waals surface area contributed by atoms with Crippen molar-refractivity contribution < 1.29 is 27.2 Å². The van der Waals surface area contributed by atoms with Crippen molar-refractivity contribution in [1.82, 2.24) is 29.9 Å². The number of amides is 1. The first-order valence-corrected chi connectivity index (χ1v) is 18.1. The lowest BCUT2D eigenvalue weighted by Crippen LogP contribution is -2.44. The second-order valence-corrected chi connectivity index (χ2v) is 14.8. The predicted molar refractivity (Wildman–Crippen MR) is 191 cm³/mol. The number of alkyl halides is 3. The molecule has 3 fully saturated rings. The van der Waals surface area contributed by atoms with Gasteiger partial charge in [0.25, 0.3) is 5.89 Å². The van der Waals surface area contributed by atoms with Crippen molar-refractivity contribution in [3.63, 3.8) is 0 Å². The Balaban J connectivity index is 1.05. The first kappa shape index (κ1) is 34.6. The molecule has 4 aliphatic rings. The van der Waals surface area contributed by atoms with E-state index in [2.05, 4.69) is 43.0 Å². The normalized spacial score (nSPS) is 23.5. The van der Waals surface area contributed by atoms with Crippen molar-refractivity contribution in [3.05, 3.63) is 70.5 Å². The Labute approximate surface area is 304 Å². The molecule has 6 heterocycles. The third-order valence-electron chi connectivity index (χ3n) is 11.0. The fourth-order valence-electron chi connectivity index (χ4n) is 8.30. The molecule has 4 aromatic rings. The van der Waals surface area contributed by atoms with Crippen LogP contribution < -0.4 is 14.5 Å². The summed E-state index contributed by atoms with van der Waals surface area (Å²) in [6, 6.07) is 12.3. The van der Waals surface area contributed by atoms with Gasteiger partial charge in [0, 0.05) is 81.4 Å². The average Bonchev–Trinajstić information content (AvgIpc) is 3.93. The van der Waals surface area contributed by atoms with Gasteiger partial charge in [0.15, 0.2) is 0 Å². The fourth-order valence-corrected chi connectivity index (χ4v) is 8.58. The molecule has 1 amide bonds. The molecule has 3 atom stereocenters. The maximum atomic E-state index is 14.6. The van der Waals surface area contributed by atoms with E-state index in [0.717, 1.165) is 59.5 Å². The molecule has 0 bridgehead atoms. The number of anilines is 2. The van der Waals surface area contributed by atoms with Crippen LogP contribution in [0.25, 0.3) is 16.8 Å². The van der Waals surface area contributed by atoms with Gasteiger partial charge in [-0.3, -0.25) is 9.69 Å². The number of aromatic nitrogens is 4. The minimum Gasteiger partial charge on any atom is -0.461 e. The van der Waals surface area contributed by atoms with Gasteiger partial charge in [-0.05, 0) is 49.7 Å². The molecular formula is C37H40ClF3N8O3. The smallest absolute Gasteiger partial charge is 0.318 e. The minimum atomic E-state index is -3.25. The van der Waals surface area contributed by atoms with Crippen LogP contribution >= 0.6 is 11.6 Å². The van der Waals surface area contributed by atoms with E-state index < -0.39 is 17.9 Å². The summed E-state index contributed by atoms with van der Waals surface area (Å²) in [5.74, 6) is -3.69. The highest BCUT2D eigenvalue weighted by atomic mass is 35.5. The van der Waals surface area contributed by atoms with E-state index in [-0.39, 0.29) is 29.4 Å². The van der Waals surface area contributed by atoms with E-state index in [9.17, 15) is 18.0 Å². The zero-order valence-electron chi connectivity index (χ0n) is 29.1. The molecule has 0 spiro atoms. The van der Waals surface area contributed by atoms with Crippen molar-refractivity contribution in [2.75, 3.05) is 56.2 Å². The lowest BCUT2D eigenvalue weighted by atomic mass is 9.95. The van der Waals surface area contributed by atoms with Crippen LogP contribution in [0.5, 0.6) is 6.01 Å². The van der Waals surface area contributed by atoms with E-state index in [1.54, 1.807) is 4.90 Å². The number of rotatable bonds is 9. The van der Waals surface area contributed by atoms with E-state index in [1.165, 1.54) is 12.2 Å². The molecule has 11 nitrogen and oxygen atoms in total. The number of likely N-dealkylation sites (tertiary alicyclic amines) is 1. The van der Waals surface area contributed by atoms with Crippen LogP contribution in [0.3, 0.4) is 0 Å². The Kier molecular flexibility index (Phi) is 9.01. The molecule has 0 radical (unpaired) electrons. The van der Waals surface area contributed by atoms with Gasteiger partial charge in [0.2, 0.25) is 11.7 Å². The molecule has 0 aliphatic carbocycles. The number of carbonyl (C=O) groups is 1. The third kappa shape index (κ3) is 6.55. The standard InChI is InChI=1S/C37H40ClF3N8O3/c1-36(40,41)34-43-30(52-45-34)10-11-31(50)48-16-12-25(20-48)46(2)33-26-13-17-47(29-9-4-7-23-6-3-8-27(38)32(23)29)21-28(26)42-35(44-33)51-22-37-14-5-15-49(37)19-24(39)18-37/h3-4,6-11,24-25H,5,12-22H2,1-2H3/b11-10+/t24-,25-,37+/m1/s1. The van der Waals surface area contributed by atoms with Gasteiger partial charge in [0.05, 0.1) is 22.8 Å². The highest BCUT2D eigenvalue weighted by Crippen LogP contribution is 2.41. The molecule has 2 aromatic heterocycles. The molecular weight excluding hydrogens is 697 g/mol. The Hall–Kier alpha value is -4.43. The van der Waals surface area contributed by atoms with Gasteiger partial charge in [-0.25, -0.2) is 4.39 Å². The molecule has 8 rings (SSSR count). The van der Waals surface area contributed by atoms with Crippen molar-refractivity contribution in [3.8, 4) is 6.01 Å². The van der Waals surface area contributed by atoms with E-state index in [4.69, 9.17) is 30.8 Å². The number of carbonyl (C=O) groups excluding carboxylic acids is 1. The number of fused-ring (bicyclic) bond motifs is 3. The topological polar surface area (TPSA) is 104 Å². The fraction of sp³-hybridized carbons (Fsp3) is 0.486. The average molecular weight is 737 g/mol. The Morgan fingerprint density at radius 3 is 2.79 bits per heavy atom. The largest absolute Gasteiger partial charge is 0.461 e. The number of hydrogen-bond donors (Lipinski definition) is 0. The SMILES string of the molecule is CN(c1nc(OC[C@@]23CCCN2C[C@H](F)C3)nc2c1CCN(c1cccc3cccc(Cl)c13)C2)[C@@H]1CCN(C(=O)/C=C/c2nc(C(C)(F)F)no2)C1. The van der Waals surface area contributed by atoms with Crippen LogP contribution in [0.1, 0.15) is 55.6 Å². The lowest BCUT2D eigenvalue weighted by Gasteiger charge is -2.35. The van der Waals surface area contributed by atoms with E-state index in [1.807, 2.05) is 25.2 Å². The summed E-state index contributed by atoms with van der Waals surface area (Å²) in [6.45, 7) is 4.45. The van der Waals surface area contributed by atoms with Crippen LogP contribution in [0.4, 0.5) is 24.7 Å². The van der Waals surface area contributed by atoms with Crippen LogP contribution in [0.2, 0.25) is 5.02 Å². The lowest BCUT2D eigenvalue weighted by molar-refractivity contribution is -0.125. The van der Waals surface area contributed by atoms with Crippen LogP contribution in [0.15, 0.2) is 47.0 Å². The maximum absolute atomic E-state index is 14.6. The molecule has 4 aliphatic heterocycles. The first-order valence-electron chi connectivity index (χ1n) is 17.7. The van der Waals surface area contributed by atoms with Crippen LogP contribution in [-0.4, -0.2) is 99.9 Å². The molecule has 2 aromatic carbocycles. The van der Waals surface area contributed by atoms with Gasteiger partial charge in [0.1, 0.15) is 18.6 Å². The second-order valence-electron chi connectivity index (χ2n) is 14.4. The van der Waals surface area contributed by atoms with E-state index >= 15 is 0 Å². The van der Waals surface area contributed by atoms with Gasteiger partial charge in [-0.15, -0.1) is 0 Å². The third-order valence-corrected chi connectivity index (χ3v) is 11.3. The van der Waals surface area contributed by atoms with Crippen molar-refractivity contribution in [2.45, 2.75) is 69.2 Å². The van der Waals surface area contributed by atoms with Crippen molar-refractivity contribution in [2.24, 2.45) is 0 Å². The first-order chi connectivity index (χ1) is 25.0. The van der Waals surface area contributed by atoms with Gasteiger partial charge in [-0.2, -0.15) is 23.7 Å². The summed E-state index contributed by atoms with van der Waals surface area (Å²) in [4.78, 5) is 35.0. The molecule has 15 heteroatoms. The Morgan fingerprint density at radius 2 is 1.98 bits per heavy atom. The number of benzene rings is 2. The summed E-state index contributed by atoms with van der Waals surface area (Å²) >= 11 is 6.73. The van der Waals surface area contributed by atoms with Gasteiger partial charge < -0.3 is 24.0 Å². The highest BCUT2D eigenvalue weighted by molar-refractivity contribution is 6.36. The number of ether oxygens (including phenoxy) is 1. The van der Waals surface area contributed by atoms with Gasteiger partial charge >= 0.3 is 11.9 Å². The zero-order valence-corrected chi connectivity index (χ0v) is 29.8. The van der Waals surface area contributed by atoms with Crippen molar-refractivity contribution in [1.29, 1.82) is 0 Å². The highest BCUT2D eigenvalue weighted by Gasteiger charge is 2.49. The Morgan fingerprint density at radius 1 is 1.15 bits per heavy atom. The number of likely N-dealkylation sites (N-methyl/N-ethyl adjacent to an activating group) is 1. The van der Waals surface area contributed by atoms with Crippen molar-refractivity contribution >= 4 is 45.9 Å². The predicted octanol–water partition coefficient (Wildman–Crippen LogP) is 6.05. The number of halogens is 4. The quantitative estimate of drug-likeness (QED) is 0.189. The number of hydrogen-bond acceptors (Lipinski definition) is 10. The maximum Gasteiger partial charge on any atom is 0.318 e. The molecule has 0 unspecified atom stereocenters. The molecule has 3 saturated heterocycles.